The zero-order valence-electron chi connectivity index (χ0n) is 10.2. The van der Waals surface area contributed by atoms with Crippen LogP contribution in [0.1, 0.15) is 30.9 Å². The Hall–Kier alpha value is -1.07. The number of hydrogen-bond acceptors (Lipinski definition) is 4. The molecule has 0 aromatic carbocycles. The van der Waals surface area contributed by atoms with Crippen molar-refractivity contribution in [3.8, 4) is 0 Å². The maximum absolute atomic E-state index is 11.7. The molecule has 4 nitrogen and oxygen atoms in total. The first-order valence-electron chi connectivity index (χ1n) is 6.23. The summed E-state index contributed by atoms with van der Waals surface area (Å²) in [5.41, 5.74) is 1.07. The number of pyridine rings is 1. The Bertz CT molecular complexity index is 386. The third-order valence-electron chi connectivity index (χ3n) is 3.04. The first-order valence-corrected chi connectivity index (χ1v) is 6.86. The van der Waals surface area contributed by atoms with Gasteiger partial charge in [-0.05, 0) is 36.3 Å². The van der Waals surface area contributed by atoms with Crippen LogP contribution in [0.25, 0.3) is 0 Å². The summed E-state index contributed by atoms with van der Waals surface area (Å²) in [6.07, 6.45) is 5.81. The lowest BCUT2D eigenvalue weighted by molar-refractivity contribution is -0.123. The second kappa shape index (κ2) is 6.75. The van der Waals surface area contributed by atoms with Crippen molar-refractivity contribution >= 4 is 18.5 Å². The predicted molar refractivity (Wildman–Crippen MR) is 72.6 cm³/mol. The normalized spacial score (nSPS) is 23.6. The molecule has 1 N–H and O–H groups in total. The molecule has 1 saturated heterocycles. The molecule has 2 heterocycles. The highest BCUT2D eigenvalue weighted by atomic mass is 32.1. The second-order valence-corrected chi connectivity index (χ2v) is 4.81. The molecule has 98 valence electrons. The van der Waals surface area contributed by atoms with E-state index in [4.69, 9.17) is 4.74 Å². The van der Waals surface area contributed by atoms with Crippen molar-refractivity contribution in [3.63, 3.8) is 0 Å². The smallest absolute Gasteiger partial charge is 0.221 e. The van der Waals surface area contributed by atoms with E-state index < -0.39 is 0 Å². The van der Waals surface area contributed by atoms with Crippen LogP contribution in [-0.2, 0) is 9.53 Å². The van der Waals surface area contributed by atoms with Crippen LogP contribution in [-0.4, -0.2) is 29.3 Å². The van der Waals surface area contributed by atoms with Crippen LogP contribution in [0.2, 0.25) is 0 Å². The minimum atomic E-state index is -0.0642. The van der Waals surface area contributed by atoms with Gasteiger partial charge in [0, 0.05) is 25.4 Å². The number of nitrogens with one attached hydrogen (secondary N) is 1. The lowest BCUT2D eigenvalue weighted by Gasteiger charge is -2.32. The Morgan fingerprint density at radius 3 is 3.00 bits per heavy atom. The molecule has 1 aliphatic heterocycles. The molecular weight excluding hydrogens is 248 g/mol. The maximum Gasteiger partial charge on any atom is 0.221 e. The molecule has 2 atom stereocenters. The number of carbonyl (C=O) groups is 1. The minimum absolute atomic E-state index is 0.0413. The number of hydrogen-bond donors (Lipinski definition) is 2. The molecule has 0 aliphatic carbocycles. The number of amides is 1. The fourth-order valence-corrected chi connectivity index (χ4v) is 2.39. The van der Waals surface area contributed by atoms with Crippen molar-refractivity contribution < 1.29 is 9.53 Å². The van der Waals surface area contributed by atoms with E-state index in [1.54, 1.807) is 12.4 Å². The maximum atomic E-state index is 11.7. The van der Waals surface area contributed by atoms with E-state index in [0.717, 1.165) is 25.0 Å². The number of aromatic nitrogens is 1. The van der Waals surface area contributed by atoms with E-state index in [1.165, 1.54) is 0 Å². The average Bonchev–Trinajstić information content (AvgIpc) is 2.40. The summed E-state index contributed by atoms with van der Waals surface area (Å²) >= 11 is 4.07. The lowest BCUT2D eigenvalue weighted by Crippen LogP contribution is -2.42. The minimum Gasteiger partial charge on any atom is -0.371 e. The monoisotopic (exact) mass is 266 g/mol. The van der Waals surface area contributed by atoms with Gasteiger partial charge in [0.25, 0.3) is 0 Å². The molecule has 2 rings (SSSR count). The summed E-state index contributed by atoms with van der Waals surface area (Å²) in [5.74, 6) is 0.610. The van der Waals surface area contributed by atoms with E-state index in [0.29, 0.717) is 12.2 Å². The standard InChI is InChI=1S/C13H18N2O2S/c16-12(5-9-18)15-11-2-1-8-17-13(11)10-3-6-14-7-4-10/h3-4,6-7,11,13,18H,1-2,5,8-9H2,(H,15,16). The van der Waals surface area contributed by atoms with E-state index in [2.05, 4.69) is 22.9 Å². The Kier molecular flexibility index (Phi) is 5.01. The van der Waals surface area contributed by atoms with Crippen LogP contribution in [0.3, 0.4) is 0 Å². The number of nitrogens with zero attached hydrogens (tertiary/aromatic N) is 1. The van der Waals surface area contributed by atoms with Gasteiger partial charge in [-0.2, -0.15) is 12.6 Å². The average molecular weight is 266 g/mol. The molecule has 1 fully saturated rings. The van der Waals surface area contributed by atoms with Gasteiger partial charge in [-0.15, -0.1) is 0 Å². The van der Waals surface area contributed by atoms with Crippen molar-refractivity contribution in [1.82, 2.24) is 10.3 Å². The molecule has 1 aromatic heterocycles. The molecule has 1 amide bonds. The van der Waals surface area contributed by atoms with Crippen LogP contribution < -0.4 is 5.32 Å². The van der Waals surface area contributed by atoms with Crippen LogP contribution in [0, 0.1) is 0 Å². The number of carbonyl (C=O) groups excluding carboxylic acids is 1. The van der Waals surface area contributed by atoms with Gasteiger partial charge in [0.05, 0.1) is 6.04 Å². The Labute approximate surface area is 113 Å². The van der Waals surface area contributed by atoms with Gasteiger partial charge in [0.15, 0.2) is 0 Å². The molecule has 5 heteroatoms. The summed E-state index contributed by atoms with van der Waals surface area (Å²) in [4.78, 5) is 15.7. The summed E-state index contributed by atoms with van der Waals surface area (Å²) in [5, 5.41) is 3.04. The summed E-state index contributed by atoms with van der Waals surface area (Å²) in [6, 6.07) is 3.93. The Balaban J connectivity index is 2.04. The van der Waals surface area contributed by atoms with Gasteiger partial charge >= 0.3 is 0 Å². The molecule has 1 aliphatic rings. The highest BCUT2D eigenvalue weighted by molar-refractivity contribution is 7.80. The predicted octanol–water partition coefficient (Wildman–Crippen LogP) is 1.74. The quantitative estimate of drug-likeness (QED) is 0.816. The third kappa shape index (κ3) is 3.46. The topological polar surface area (TPSA) is 51.2 Å². The van der Waals surface area contributed by atoms with Gasteiger partial charge in [0.1, 0.15) is 6.10 Å². The number of ether oxygens (including phenoxy) is 1. The summed E-state index contributed by atoms with van der Waals surface area (Å²) in [6.45, 7) is 0.742. The second-order valence-electron chi connectivity index (χ2n) is 4.36. The lowest BCUT2D eigenvalue weighted by atomic mass is 9.96. The third-order valence-corrected chi connectivity index (χ3v) is 3.27. The Morgan fingerprint density at radius 1 is 1.50 bits per heavy atom. The molecule has 1 aromatic rings. The van der Waals surface area contributed by atoms with Gasteiger partial charge in [-0.25, -0.2) is 0 Å². The van der Waals surface area contributed by atoms with Crippen LogP contribution in [0.4, 0.5) is 0 Å². The molecule has 0 radical (unpaired) electrons. The van der Waals surface area contributed by atoms with Gasteiger partial charge < -0.3 is 10.1 Å². The van der Waals surface area contributed by atoms with Crippen LogP contribution in [0.15, 0.2) is 24.5 Å². The summed E-state index contributed by atoms with van der Waals surface area (Å²) < 4.78 is 5.79. The highest BCUT2D eigenvalue weighted by Gasteiger charge is 2.28. The zero-order chi connectivity index (χ0) is 12.8. The molecule has 18 heavy (non-hydrogen) atoms. The van der Waals surface area contributed by atoms with Crippen LogP contribution in [0.5, 0.6) is 0 Å². The highest BCUT2D eigenvalue weighted by Crippen LogP contribution is 2.28. The largest absolute Gasteiger partial charge is 0.371 e. The summed E-state index contributed by atoms with van der Waals surface area (Å²) in [7, 11) is 0. The van der Waals surface area contributed by atoms with Crippen molar-refractivity contribution in [2.75, 3.05) is 12.4 Å². The first-order chi connectivity index (χ1) is 8.81. The van der Waals surface area contributed by atoms with E-state index in [-0.39, 0.29) is 18.1 Å². The number of rotatable bonds is 4. The number of thiol groups is 1. The zero-order valence-corrected chi connectivity index (χ0v) is 11.1. The SMILES string of the molecule is O=C(CCS)NC1CCCOC1c1ccncc1. The van der Waals surface area contributed by atoms with Crippen molar-refractivity contribution in [2.24, 2.45) is 0 Å². The molecule has 0 saturated carbocycles. The van der Waals surface area contributed by atoms with E-state index in [1.807, 2.05) is 12.1 Å². The van der Waals surface area contributed by atoms with Gasteiger partial charge in [-0.1, -0.05) is 0 Å². The van der Waals surface area contributed by atoms with Gasteiger partial charge in [-0.3, -0.25) is 9.78 Å². The molecule has 2 unspecified atom stereocenters. The molecule has 0 spiro atoms. The Morgan fingerprint density at radius 2 is 2.28 bits per heavy atom. The van der Waals surface area contributed by atoms with E-state index in [9.17, 15) is 4.79 Å². The van der Waals surface area contributed by atoms with Crippen molar-refractivity contribution in [1.29, 1.82) is 0 Å². The fourth-order valence-electron chi connectivity index (χ4n) is 2.19. The van der Waals surface area contributed by atoms with Crippen LogP contribution >= 0.6 is 12.6 Å². The van der Waals surface area contributed by atoms with Crippen molar-refractivity contribution in [3.05, 3.63) is 30.1 Å². The van der Waals surface area contributed by atoms with Crippen molar-refractivity contribution in [2.45, 2.75) is 31.4 Å². The van der Waals surface area contributed by atoms with Gasteiger partial charge in [0.2, 0.25) is 5.91 Å². The fraction of sp³-hybridized carbons (Fsp3) is 0.538. The van der Waals surface area contributed by atoms with E-state index >= 15 is 0 Å². The first kappa shape index (κ1) is 13.4. The molecular formula is C13H18N2O2S. The molecule has 0 bridgehead atoms.